The van der Waals surface area contributed by atoms with Crippen molar-refractivity contribution < 1.29 is 0 Å². The monoisotopic (exact) mass is 235 g/mol. The number of fused-ring (bicyclic) bond motifs is 1. The Balaban J connectivity index is 1.58. The zero-order chi connectivity index (χ0) is 11.1. The molecule has 1 aromatic rings. The first-order chi connectivity index (χ1) is 7.79. The topological polar surface area (TPSA) is 26.0 Å². The van der Waals surface area contributed by atoms with Gasteiger partial charge in [-0.1, -0.05) is 13.3 Å². The normalized spacial score (nSPS) is 33.8. The minimum atomic E-state index is 0.429. The van der Waals surface area contributed by atoms with Gasteiger partial charge in [0, 0.05) is 15.8 Å². The minimum Gasteiger partial charge on any atom is -0.327 e. The molecule has 2 fully saturated rings. The van der Waals surface area contributed by atoms with Gasteiger partial charge in [0.15, 0.2) is 0 Å². The van der Waals surface area contributed by atoms with Crippen LogP contribution in [0.4, 0.5) is 0 Å². The maximum Gasteiger partial charge on any atom is 0.0121 e. The van der Waals surface area contributed by atoms with Gasteiger partial charge in [-0.25, -0.2) is 0 Å². The molecule has 0 aromatic carbocycles. The second-order valence-electron chi connectivity index (χ2n) is 5.43. The Morgan fingerprint density at radius 1 is 1.31 bits per heavy atom. The molecule has 0 bridgehead atoms. The summed E-state index contributed by atoms with van der Waals surface area (Å²) >= 11 is 1.95. The van der Waals surface area contributed by atoms with Crippen LogP contribution >= 0.6 is 11.3 Å². The highest BCUT2D eigenvalue weighted by atomic mass is 32.1. The molecule has 1 heterocycles. The molecule has 88 valence electrons. The Bertz CT molecular complexity index is 361. The van der Waals surface area contributed by atoms with Crippen molar-refractivity contribution >= 4 is 11.3 Å². The van der Waals surface area contributed by atoms with E-state index in [1.807, 2.05) is 11.3 Å². The molecule has 2 saturated carbocycles. The van der Waals surface area contributed by atoms with Crippen LogP contribution in [-0.2, 0) is 12.8 Å². The van der Waals surface area contributed by atoms with E-state index in [0.29, 0.717) is 6.04 Å². The third kappa shape index (κ3) is 1.82. The average molecular weight is 235 g/mol. The quantitative estimate of drug-likeness (QED) is 0.852. The Kier molecular flexibility index (Phi) is 2.80. The molecule has 1 aromatic heterocycles. The molecule has 2 aliphatic rings. The zero-order valence-corrected chi connectivity index (χ0v) is 10.8. The Morgan fingerprint density at radius 3 is 2.62 bits per heavy atom. The first kappa shape index (κ1) is 10.8. The lowest BCUT2D eigenvalue weighted by atomic mass is 10.0. The van der Waals surface area contributed by atoms with Crippen molar-refractivity contribution in [1.82, 2.24) is 0 Å². The highest BCUT2D eigenvalue weighted by Gasteiger charge is 2.54. The van der Waals surface area contributed by atoms with Gasteiger partial charge in [0.1, 0.15) is 0 Å². The van der Waals surface area contributed by atoms with Gasteiger partial charge in [-0.2, -0.15) is 0 Å². The molecular formula is C14H21NS. The van der Waals surface area contributed by atoms with Crippen LogP contribution in [0.25, 0.3) is 0 Å². The van der Waals surface area contributed by atoms with Crippen LogP contribution in [0.2, 0.25) is 0 Å². The molecule has 0 spiro atoms. The van der Waals surface area contributed by atoms with Crippen LogP contribution in [-0.4, -0.2) is 6.04 Å². The lowest BCUT2D eigenvalue weighted by Crippen LogP contribution is -2.27. The predicted octanol–water partition coefficient (Wildman–Crippen LogP) is 3.23. The fraction of sp³-hybridized carbons (Fsp3) is 0.714. The van der Waals surface area contributed by atoms with Gasteiger partial charge in [-0.15, -0.1) is 11.3 Å². The number of nitrogens with two attached hydrogens (primary N) is 1. The van der Waals surface area contributed by atoms with Gasteiger partial charge < -0.3 is 5.73 Å². The third-order valence-electron chi connectivity index (χ3n) is 4.47. The molecule has 2 N–H and O–H groups in total. The van der Waals surface area contributed by atoms with Gasteiger partial charge in [-0.05, 0) is 55.6 Å². The summed E-state index contributed by atoms with van der Waals surface area (Å²) in [4.78, 5) is 2.99. The number of hydrogen-bond donors (Lipinski definition) is 1. The molecule has 0 aliphatic heterocycles. The number of aryl methyl sites for hydroxylation is 1. The number of thiophene rings is 1. The number of hydrogen-bond acceptors (Lipinski definition) is 2. The summed E-state index contributed by atoms with van der Waals surface area (Å²) < 4.78 is 0. The van der Waals surface area contributed by atoms with E-state index in [1.165, 1.54) is 29.0 Å². The van der Waals surface area contributed by atoms with Crippen molar-refractivity contribution in [3.05, 3.63) is 21.9 Å². The van der Waals surface area contributed by atoms with Crippen LogP contribution < -0.4 is 5.73 Å². The maximum atomic E-state index is 6.36. The van der Waals surface area contributed by atoms with Crippen molar-refractivity contribution in [2.75, 3.05) is 0 Å². The minimum absolute atomic E-state index is 0.429. The van der Waals surface area contributed by atoms with Crippen molar-refractivity contribution in [2.24, 2.45) is 23.5 Å². The summed E-state index contributed by atoms with van der Waals surface area (Å²) in [6, 6.07) is 4.97. The van der Waals surface area contributed by atoms with Crippen LogP contribution in [0, 0.1) is 17.8 Å². The molecule has 0 radical (unpaired) electrons. The first-order valence-corrected chi connectivity index (χ1v) is 7.44. The van der Waals surface area contributed by atoms with Crippen molar-refractivity contribution in [3.8, 4) is 0 Å². The van der Waals surface area contributed by atoms with E-state index in [1.54, 1.807) is 0 Å². The highest BCUT2D eigenvalue weighted by Crippen LogP contribution is 2.58. The van der Waals surface area contributed by atoms with Crippen molar-refractivity contribution in [2.45, 2.75) is 45.1 Å². The summed E-state index contributed by atoms with van der Waals surface area (Å²) in [5, 5.41) is 0. The van der Waals surface area contributed by atoms with Crippen molar-refractivity contribution in [1.29, 1.82) is 0 Å². The third-order valence-corrected chi connectivity index (χ3v) is 5.72. The van der Waals surface area contributed by atoms with Crippen LogP contribution in [0.1, 0.15) is 35.9 Å². The standard InChI is InChI=1S/C14H21NS/c1-2-9-6-7-10(16-9)8-13(15)14-11-4-3-5-12(11)14/h6-7,11-14H,2-5,8,15H2,1H3. The second-order valence-corrected chi connectivity index (χ2v) is 6.68. The van der Waals surface area contributed by atoms with E-state index in [4.69, 9.17) is 5.73 Å². The molecule has 1 nitrogen and oxygen atoms in total. The number of rotatable bonds is 4. The molecule has 0 amide bonds. The fourth-order valence-electron chi connectivity index (χ4n) is 3.60. The van der Waals surface area contributed by atoms with E-state index in [0.717, 1.165) is 30.6 Å². The molecule has 3 unspecified atom stereocenters. The SMILES string of the molecule is CCc1ccc(CC(N)C2C3CCCC32)s1. The van der Waals surface area contributed by atoms with Crippen LogP contribution in [0.3, 0.4) is 0 Å². The maximum absolute atomic E-state index is 6.36. The summed E-state index contributed by atoms with van der Waals surface area (Å²) in [6.45, 7) is 2.22. The molecule has 3 atom stereocenters. The summed E-state index contributed by atoms with van der Waals surface area (Å²) in [5.41, 5.74) is 6.36. The predicted molar refractivity (Wildman–Crippen MR) is 69.7 cm³/mol. The first-order valence-electron chi connectivity index (χ1n) is 6.62. The molecule has 2 heteroatoms. The highest BCUT2D eigenvalue weighted by molar-refractivity contribution is 7.11. The lowest BCUT2D eigenvalue weighted by molar-refractivity contribution is 0.486. The molecule has 2 aliphatic carbocycles. The Labute approximate surface area is 102 Å². The molecular weight excluding hydrogens is 214 g/mol. The molecule has 16 heavy (non-hydrogen) atoms. The van der Waals surface area contributed by atoms with E-state index in [-0.39, 0.29) is 0 Å². The van der Waals surface area contributed by atoms with E-state index < -0.39 is 0 Å². The largest absolute Gasteiger partial charge is 0.327 e. The second kappa shape index (κ2) is 4.15. The van der Waals surface area contributed by atoms with Gasteiger partial charge in [0.25, 0.3) is 0 Å². The van der Waals surface area contributed by atoms with Gasteiger partial charge in [0.05, 0.1) is 0 Å². The van der Waals surface area contributed by atoms with Crippen LogP contribution in [0.15, 0.2) is 12.1 Å². The summed E-state index contributed by atoms with van der Waals surface area (Å²) in [6.07, 6.45) is 6.63. The van der Waals surface area contributed by atoms with Gasteiger partial charge >= 0.3 is 0 Å². The van der Waals surface area contributed by atoms with E-state index in [2.05, 4.69) is 19.1 Å². The van der Waals surface area contributed by atoms with Crippen molar-refractivity contribution in [3.63, 3.8) is 0 Å². The average Bonchev–Trinajstić information content (AvgIpc) is 2.72. The van der Waals surface area contributed by atoms with Gasteiger partial charge in [0.2, 0.25) is 0 Å². The Morgan fingerprint density at radius 2 is 2.00 bits per heavy atom. The fourth-order valence-corrected chi connectivity index (χ4v) is 4.63. The summed E-state index contributed by atoms with van der Waals surface area (Å²) in [5.74, 6) is 2.86. The van der Waals surface area contributed by atoms with Gasteiger partial charge in [-0.3, -0.25) is 0 Å². The summed E-state index contributed by atoms with van der Waals surface area (Å²) in [7, 11) is 0. The smallest absolute Gasteiger partial charge is 0.0121 e. The van der Waals surface area contributed by atoms with E-state index in [9.17, 15) is 0 Å². The van der Waals surface area contributed by atoms with E-state index >= 15 is 0 Å². The molecule has 0 saturated heterocycles. The van der Waals surface area contributed by atoms with Crippen LogP contribution in [0.5, 0.6) is 0 Å². The lowest BCUT2D eigenvalue weighted by Gasteiger charge is -2.12. The zero-order valence-electron chi connectivity index (χ0n) is 9.99. The molecule has 3 rings (SSSR count). The Hall–Kier alpha value is -0.340.